The summed E-state index contributed by atoms with van der Waals surface area (Å²) in [5.41, 5.74) is 7.41. The van der Waals surface area contributed by atoms with E-state index in [4.69, 9.17) is 72.7 Å². The van der Waals surface area contributed by atoms with Crippen molar-refractivity contribution in [2.75, 3.05) is 0 Å². The lowest BCUT2D eigenvalue weighted by atomic mass is 10.1. The summed E-state index contributed by atoms with van der Waals surface area (Å²) in [5, 5.41) is 4.01. The van der Waals surface area contributed by atoms with Crippen LogP contribution < -0.4 is 0 Å². The number of benzene rings is 18. The second kappa shape index (κ2) is 32.5. The fourth-order valence-corrected chi connectivity index (χ4v) is 18.7. The number of hydrogen-bond donors (Lipinski definition) is 0. The molecule has 0 unspecified atom stereocenters. The van der Waals surface area contributed by atoms with Gasteiger partial charge in [-0.15, -0.1) is 22.7 Å². The van der Waals surface area contributed by atoms with Crippen LogP contribution in [0, 0.1) is 0 Å². The SMILES string of the molecule is [2H]c1c([2H])c([2H])c(-c2nc(-c3c([2H])c([2H])c([2H])c([2H])c3[2H])nc(-c3c([2H])c([2H])c(-n4c5c([2H])c([2H])c([2H])c([2H])c5c5c([2H])c([2H])c6c(sc7c([2H])c([2H])c([2H])c([2H])c76)c54)c([2H])c3[2H])n2)c([2H])c1[2H].[2H]c1c([2H])c([2H])c2c(sc3c2c([2H])c([2H])c2c4c([2H])c([2H])c([2H])c([2H])c4n(-c4ccc(-c5nc(-c6ccccc6)nc(-c6ccccc6)n5)cc4)c32)c1[2H].c1ccc(-c2nc(-c3ccccc3)nc(-c3ccc(-n4c5ccccc5c5ccc6c7ccccc7oc6c54)cc3)n2)cc1. The number of para-hydroxylation sites is 4. The lowest BCUT2D eigenvalue weighted by Gasteiger charge is -2.11. The van der Waals surface area contributed by atoms with Crippen LogP contribution in [0.15, 0.2) is 440 Å². The van der Waals surface area contributed by atoms with Crippen molar-refractivity contribution in [1.82, 2.24) is 58.6 Å². The minimum atomic E-state index is -0.975. The minimum absolute atomic E-state index is 0.0648. The number of aromatic nitrogens is 12. The number of rotatable bonds is 12. The lowest BCUT2D eigenvalue weighted by Crippen LogP contribution is -2.00. The van der Waals surface area contributed by atoms with E-state index >= 15 is 0 Å². The first-order valence-electron chi connectivity index (χ1n) is 58.1. The Kier molecular flexibility index (Phi) is 12.2. The molecule has 0 N–H and O–H groups in total. The van der Waals surface area contributed by atoms with Gasteiger partial charge in [-0.2, -0.15) is 0 Å². The van der Waals surface area contributed by atoms with Gasteiger partial charge in [-0.25, -0.2) is 44.9 Å². The third-order valence-corrected chi connectivity index (χ3v) is 24.6. The fraction of sp³-hybridized carbons (Fsp3) is 0. The summed E-state index contributed by atoms with van der Waals surface area (Å²) in [4.78, 5) is 41.7. The topological polar surface area (TPSA) is 144 Å². The maximum atomic E-state index is 9.51. The van der Waals surface area contributed by atoms with Gasteiger partial charge in [0.25, 0.3) is 0 Å². The molecule has 0 aliphatic heterocycles. The Morgan fingerprint density at radius 1 is 0.197 bits per heavy atom. The Balaban J connectivity index is 0.000000128. The number of thiophene rings is 2. The van der Waals surface area contributed by atoms with Crippen molar-refractivity contribution in [1.29, 1.82) is 0 Å². The highest BCUT2D eigenvalue weighted by molar-refractivity contribution is 7.27. The molecule has 0 fully saturated rings. The summed E-state index contributed by atoms with van der Waals surface area (Å²) in [6.07, 6.45) is 0. The fourth-order valence-electron chi connectivity index (χ4n) is 16.5. The maximum Gasteiger partial charge on any atom is 0.164 e. The predicted molar refractivity (Wildman–Crippen MR) is 544 cm³/mol. The first kappa shape index (κ1) is 49.7. The molecule has 18 aromatic carbocycles. The molecular formula is C117H72N12OS2. The van der Waals surface area contributed by atoms with E-state index in [1.165, 1.54) is 5.39 Å². The average molecular weight is 1760 g/mol. The number of furan rings is 1. The Labute approximate surface area is 812 Å². The molecule has 0 radical (unpaired) electrons. The van der Waals surface area contributed by atoms with Crippen LogP contribution in [0.3, 0.4) is 0 Å². The van der Waals surface area contributed by atoms with Crippen molar-refractivity contribution in [2.24, 2.45) is 0 Å². The molecule has 0 bridgehead atoms. The van der Waals surface area contributed by atoms with E-state index in [9.17, 15) is 8.22 Å². The Morgan fingerprint density at radius 2 is 0.523 bits per heavy atom. The van der Waals surface area contributed by atoms with Crippen molar-refractivity contribution in [2.45, 2.75) is 0 Å². The molecule has 27 rings (SSSR count). The first-order chi connectivity index (χ1) is 79.6. The minimum Gasteiger partial charge on any atom is -0.454 e. The maximum absolute atomic E-state index is 9.51. The Hall–Kier alpha value is -17.4. The number of nitrogens with zero attached hydrogens (tertiary/aromatic N) is 12. The Bertz CT molecular complexity index is 11100. The lowest BCUT2D eigenvalue weighted by molar-refractivity contribution is 0.671. The molecule has 9 aromatic heterocycles. The average Bonchev–Trinajstić information content (AvgIpc) is 1.52. The van der Waals surface area contributed by atoms with Crippen molar-refractivity contribution in [3.8, 4) is 120 Å². The predicted octanol–water partition coefficient (Wildman–Crippen LogP) is 30.5. The standard InChI is InChI=1S/C39H24N4O.2C39H24N4S/c3*1-3-11-25(12-4-1)37-40-38(26-13-5-2-6-14-26)42-39(41-37)27-19-21-28(22-20-27)43-33-17-9-7-15-29(33)31-23-24-32-30-16-8-10-18-34(30)44-36(32)35(31)43/h3*1-24H/i;1D,2D,3D,4D,5D,6D,7D,8D,9D,10D,11D,12D,13D,14D,15D,16D,17D,18D,19D,20D,21D,22D,23D,24D;7D,8D,9D,10D,15D,16D,17D,18D,23D,24D. The number of fused-ring (bicyclic) bond motifs is 21. The molecule has 0 saturated carbocycles. The van der Waals surface area contributed by atoms with Crippen molar-refractivity contribution < 1.29 is 51.0 Å². The van der Waals surface area contributed by atoms with Gasteiger partial charge in [0.15, 0.2) is 58.0 Å². The van der Waals surface area contributed by atoms with Crippen LogP contribution in [-0.4, -0.2) is 58.6 Å². The molecule has 27 aromatic rings. The van der Waals surface area contributed by atoms with Crippen LogP contribution in [0.1, 0.15) is 46.6 Å². The largest absolute Gasteiger partial charge is 0.454 e. The summed E-state index contributed by atoms with van der Waals surface area (Å²) in [7, 11) is 0. The van der Waals surface area contributed by atoms with Gasteiger partial charge in [-0.05, 0) is 115 Å². The summed E-state index contributed by atoms with van der Waals surface area (Å²) in [5.74, 6) is 0.967. The van der Waals surface area contributed by atoms with E-state index in [1.807, 2.05) is 133 Å². The Morgan fingerprint density at radius 3 is 0.962 bits per heavy atom. The normalized spacial score (nSPS) is 15.2. The van der Waals surface area contributed by atoms with Crippen LogP contribution in [0.2, 0.25) is 0 Å². The van der Waals surface area contributed by atoms with Gasteiger partial charge in [0, 0.05) is 141 Å². The van der Waals surface area contributed by atoms with Crippen LogP contribution in [-0.2, 0) is 0 Å². The molecular weight excluding hydrogens is 1650 g/mol. The molecule has 132 heavy (non-hydrogen) atoms. The van der Waals surface area contributed by atoms with Crippen molar-refractivity contribution in [3.05, 3.63) is 436 Å². The molecule has 0 aliphatic carbocycles. The van der Waals surface area contributed by atoms with E-state index in [2.05, 4.69) is 92.3 Å². The highest BCUT2D eigenvalue weighted by Crippen LogP contribution is 2.47. The molecule has 0 amide bonds. The van der Waals surface area contributed by atoms with Gasteiger partial charge >= 0.3 is 0 Å². The molecule has 618 valence electrons. The number of hydrogen-bond acceptors (Lipinski definition) is 12. The molecule has 0 spiro atoms. The van der Waals surface area contributed by atoms with Gasteiger partial charge in [-0.3, -0.25) is 0 Å². The van der Waals surface area contributed by atoms with Crippen LogP contribution in [0.4, 0.5) is 0 Å². The highest BCUT2D eigenvalue weighted by atomic mass is 32.1. The monoisotopic (exact) mass is 1760 g/mol. The molecule has 0 atom stereocenters. The molecule has 15 heteroatoms. The summed E-state index contributed by atoms with van der Waals surface area (Å²) in [6, 6.07) is 53.3. The van der Waals surface area contributed by atoms with Gasteiger partial charge in [0.2, 0.25) is 0 Å². The van der Waals surface area contributed by atoms with E-state index in [0.717, 1.165) is 99.1 Å². The van der Waals surface area contributed by atoms with E-state index in [-0.39, 0.29) is 104 Å². The smallest absolute Gasteiger partial charge is 0.164 e. The molecule has 13 nitrogen and oxygen atoms in total. The van der Waals surface area contributed by atoms with Crippen molar-refractivity contribution in [3.63, 3.8) is 0 Å². The first-order valence-corrected chi connectivity index (χ1v) is 42.7. The van der Waals surface area contributed by atoms with E-state index in [1.54, 1.807) is 28.8 Å². The second-order valence-electron chi connectivity index (χ2n) is 30.1. The summed E-state index contributed by atoms with van der Waals surface area (Å²) < 4.78 is 309. The quantitative estimate of drug-likeness (QED) is 0.116. The van der Waals surface area contributed by atoms with Crippen LogP contribution in [0.5, 0.6) is 0 Å². The summed E-state index contributed by atoms with van der Waals surface area (Å²) >= 11 is 1.76. The van der Waals surface area contributed by atoms with Crippen molar-refractivity contribution >= 4 is 150 Å². The second-order valence-corrected chi connectivity index (χ2v) is 32.1. The van der Waals surface area contributed by atoms with E-state index in [0.29, 0.717) is 56.4 Å². The zero-order valence-electron chi connectivity index (χ0n) is 102. The molecule has 0 saturated heterocycles. The third-order valence-electron chi connectivity index (χ3n) is 22.4. The van der Waals surface area contributed by atoms with Gasteiger partial charge in [0.1, 0.15) is 5.58 Å². The summed E-state index contributed by atoms with van der Waals surface area (Å²) in [6.45, 7) is 0. The van der Waals surface area contributed by atoms with Gasteiger partial charge in [-0.1, -0.05) is 321 Å². The van der Waals surface area contributed by atoms with Crippen LogP contribution >= 0.6 is 22.7 Å². The zero-order valence-corrected chi connectivity index (χ0v) is 69.7. The van der Waals surface area contributed by atoms with Crippen LogP contribution in [0.25, 0.3) is 247 Å². The van der Waals surface area contributed by atoms with Gasteiger partial charge < -0.3 is 18.1 Å². The molecule has 0 aliphatic rings. The molecule has 9 heterocycles. The van der Waals surface area contributed by atoms with E-state index < -0.39 is 215 Å². The zero-order chi connectivity index (χ0) is 117. The third kappa shape index (κ3) is 13.6. The van der Waals surface area contributed by atoms with Gasteiger partial charge in [0.05, 0.1) is 89.1 Å². The highest BCUT2D eigenvalue weighted by Gasteiger charge is 2.25.